The number of aryl methyl sites for hydroxylation is 2. The van der Waals surface area contributed by atoms with Gasteiger partial charge in [0.2, 0.25) is 0 Å². The SMILES string of the molecule is CCOC(=O)CCCOc1cc(Cl)c(-c2cnc(C(F)(F)F)cc2C)cc1C(=O)N(C)c1c(C)cccc1OC. The molecule has 0 fully saturated rings. The van der Waals surface area contributed by atoms with Crippen molar-refractivity contribution < 1.29 is 37.0 Å². The fourth-order valence-corrected chi connectivity index (χ4v) is 4.44. The van der Waals surface area contributed by atoms with Gasteiger partial charge in [-0.25, -0.2) is 0 Å². The minimum Gasteiger partial charge on any atom is -0.495 e. The minimum atomic E-state index is -4.61. The van der Waals surface area contributed by atoms with Crippen molar-refractivity contribution in [1.82, 2.24) is 4.98 Å². The fraction of sp³-hybridized carbons (Fsp3) is 0.345. The van der Waals surface area contributed by atoms with Gasteiger partial charge in [-0.2, -0.15) is 13.2 Å². The van der Waals surface area contributed by atoms with Gasteiger partial charge in [0.05, 0.1) is 36.6 Å². The molecule has 0 saturated carbocycles. The van der Waals surface area contributed by atoms with Crippen molar-refractivity contribution in [3.05, 3.63) is 70.0 Å². The van der Waals surface area contributed by atoms with E-state index in [1.165, 1.54) is 31.1 Å². The molecule has 0 saturated heterocycles. The number of ether oxygens (including phenoxy) is 3. The average Bonchev–Trinajstić information content (AvgIpc) is 2.90. The summed E-state index contributed by atoms with van der Waals surface area (Å²) in [6.45, 7) is 5.41. The second kappa shape index (κ2) is 13.0. The largest absolute Gasteiger partial charge is 0.495 e. The lowest BCUT2D eigenvalue weighted by Gasteiger charge is -2.24. The first-order valence-electron chi connectivity index (χ1n) is 12.5. The van der Waals surface area contributed by atoms with Crippen LogP contribution in [-0.2, 0) is 15.7 Å². The van der Waals surface area contributed by atoms with Gasteiger partial charge < -0.3 is 19.1 Å². The van der Waals surface area contributed by atoms with Crippen molar-refractivity contribution in [2.75, 3.05) is 32.3 Å². The summed E-state index contributed by atoms with van der Waals surface area (Å²) >= 11 is 6.57. The monoisotopic (exact) mass is 578 g/mol. The highest BCUT2D eigenvalue weighted by Gasteiger charge is 2.33. The zero-order valence-corrected chi connectivity index (χ0v) is 23.6. The standard InChI is InChI=1S/C29H30ClF3N2O5/c1-6-39-26(36)11-8-12-40-24-15-22(30)19(21-16-34-25(13-18(21)3)29(31,32)33)14-20(24)28(37)35(4)27-17(2)9-7-10-23(27)38-5/h7,9-10,13-16H,6,8,11-12H2,1-5H3. The van der Waals surface area contributed by atoms with E-state index in [2.05, 4.69) is 4.98 Å². The normalized spacial score (nSPS) is 11.2. The van der Waals surface area contributed by atoms with Gasteiger partial charge in [0.15, 0.2) is 0 Å². The van der Waals surface area contributed by atoms with Crippen LogP contribution in [0.15, 0.2) is 42.6 Å². The Balaban J connectivity index is 2.06. The number of alkyl halides is 3. The Morgan fingerprint density at radius 3 is 2.40 bits per heavy atom. The molecule has 0 atom stereocenters. The molecule has 214 valence electrons. The highest BCUT2D eigenvalue weighted by molar-refractivity contribution is 6.34. The molecule has 40 heavy (non-hydrogen) atoms. The number of carbonyl (C=O) groups is 2. The number of nitrogens with zero attached hydrogens (tertiary/aromatic N) is 2. The van der Waals surface area contributed by atoms with Gasteiger partial charge >= 0.3 is 12.1 Å². The van der Waals surface area contributed by atoms with Crippen LogP contribution in [0.2, 0.25) is 5.02 Å². The van der Waals surface area contributed by atoms with Crippen LogP contribution >= 0.6 is 11.6 Å². The summed E-state index contributed by atoms with van der Waals surface area (Å²) in [5.41, 5.74) is 1.32. The molecule has 0 unspecified atom stereocenters. The van der Waals surface area contributed by atoms with Crippen LogP contribution in [0.4, 0.5) is 18.9 Å². The van der Waals surface area contributed by atoms with Crippen molar-refractivity contribution >= 4 is 29.2 Å². The highest BCUT2D eigenvalue weighted by Crippen LogP contribution is 2.39. The van der Waals surface area contributed by atoms with Gasteiger partial charge in [-0.1, -0.05) is 23.7 Å². The van der Waals surface area contributed by atoms with Gasteiger partial charge in [-0.15, -0.1) is 0 Å². The molecule has 1 amide bonds. The lowest BCUT2D eigenvalue weighted by atomic mass is 9.98. The quantitative estimate of drug-likeness (QED) is 0.190. The van der Waals surface area contributed by atoms with Crippen LogP contribution in [-0.4, -0.2) is 44.2 Å². The van der Waals surface area contributed by atoms with Gasteiger partial charge in [0, 0.05) is 36.9 Å². The predicted octanol–water partition coefficient (Wildman–Crippen LogP) is 7.04. The molecule has 2 aromatic carbocycles. The van der Waals surface area contributed by atoms with E-state index >= 15 is 0 Å². The summed E-state index contributed by atoms with van der Waals surface area (Å²) in [5.74, 6) is -0.208. The molecule has 3 aromatic rings. The van der Waals surface area contributed by atoms with E-state index in [-0.39, 0.29) is 47.5 Å². The van der Waals surface area contributed by atoms with Gasteiger partial charge in [-0.05, 0) is 56.5 Å². The Bertz CT molecular complexity index is 1390. The van der Waals surface area contributed by atoms with E-state index in [0.717, 1.165) is 17.8 Å². The second-order valence-electron chi connectivity index (χ2n) is 8.96. The maximum atomic E-state index is 13.9. The van der Waals surface area contributed by atoms with Crippen LogP contribution < -0.4 is 14.4 Å². The lowest BCUT2D eigenvalue weighted by molar-refractivity contribution is -0.143. The van der Waals surface area contributed by atoms with Crippen molar-refractivity contribution in [3.63, 3.8) is 0 Å². The van der Waals surface area contributed by atoms with Crippen molar-refractivity contribution in [2.24, 2.45) is 0 Å². The van der Waals surface area contributed by atoms with Crippen LogP contribution in [0.25, 0.3) is 11.1 Å². The van der Waals surface area contributed by atoms with E-state index < -0.39 is 17.8 Å². The van der Waals surface area contributed by atoms with E-state index in [0.29, 0.717) is 29.0 Å². The molecular formula is C29H30ClF3N2O5. The molecule has 0 bridgehead atoms. The summed E-state index contributed by atoms with van der Waals surface area (Å²) < 4.78 is 55.9. The maximum absolute atomic E-state index is 13.9. The molecule has 0 radical (unpaired) electrons. The average molecular weight is 579 g/mol. The summed E-state index contributed by atoms with van der Waals surface area (Å²) in [6, 6.07) is 9.20. The van der Waals surface area contributed by atoms with Crippen molar-refractivity contribution in [3.8, 4) is 22.6 Å². The third-order valence-corrected chi connectivity index (χ3v) is 6.45. The smallest absolute Gasteiger partial charge is 0.433 e. The fourth-order valence-electron chi connectivity index (χ4n) is 4.18. The Morgan fingerprint density at radius 2 is 1.77 bits per heavy atom. The van der Waals surface area contributed by atoms with E-state index in [4.69, 9.17) is 25.8 Å². The van der Waals surface area contributed by atoms with Gasteiger partial charge in [-0.3, -0.25) is 14.6 Å². The highest BCUT2D eigenvalue weighted by atomic mass is 35.5. The van der Waals surface area contributed by atoms with E-state index in [1.807, 2.05) is 13.0 Å². The number of anilines is 1. The number of para-hydroxylation sites is 1. The molecule has 0 N–H and O–H groups in total. The van der Waals surface area contributed by atoms with Gasteiger partial charge in [0.25, 0.3) is 5.91 Å². The van der Waals surface area contributed by atoms with E-state index in [9.17, 15) is 22.8 Å². The molecule has 1 aromatic heterocycles. The summed E-state index contributed by atoms with van der Waals surface area (Å²) in [5, 5.41) is 0.151. The lowest BCUT2D eigenvalue weighted by Crippen LogP contribution is -2.28. The van der Waals surface area contributed by atoms with E-state index in [1.54, 1.807) is 26.1 Å². The molecule has 1 heterocycles. The number of benzene rings is 2. The molecule has 0 spiro atoms. The molecule has 0 aliphatic carbocycles. The number of halogens is 4. The number of pyridine rings is 1. The molecule has 3 rings (SSSR count). The molecule has 11 heteroatoms. The number of aromatic nitrogens is 1. The third kappa shape index (κ3) is 7.04. The number of amides is 1. The number of esters is 1. The first-order valence-corrected chi connectivity index (χ1v) is 12.8. The number of methoxy groups -OCH3 is 1. The Labute approximate surface area is 235 Å². The maximum Gasteiger partial charge on any atom is 0.433 e. The predicted molar refractivity (Wildman–Crippen MR) is 146 cm³/mol. The zero-order chi connectivity index (χ0) is 29.6. The number of hydrogen-bond acceptors (Lipinski definition) is 6. The van der Waals surface area contributed by atoms with Crippen molar-refractivity contribution in [2.45, 2.75) is 39.8 Å². The molecule has 0 aliphatic heterocycles. The van der Waals surface area contributed by atoms with Crippen LogP contribution in [0, 0.1) is 13.8 Å². The third-order valence-electron chi connectivity index (χ3n) is 6.14. The Hall–Kier alpha value is -3.79. The summed E-state index contributed by atoms with van der Waals surface area (Å²) in [7, 11) is 3.08. The topological polar surface area (TPSA) is 78.0 Å². The first kappa shape index (κ1) is 30.7. The van der Waals surface area contributed by atoms with Crippen LogP contribution in [0.3, 0.4) is 0 Å². The number of hydrogen-bond donors (Lipinski definition) is 0. The molecule has 0 aliphatic rings. The Kier molecular flexibility index (Phi) is 10.0. The first-order chi connectivity index (χ1) is 18.9. The number of rotatable bonds is 10. The van der Waals surface area contributed by atoms with Gasteiger partial charge in [0.1, 0.15) is 17.2 Å². The molecule has 7 nitrogen and oxygen atoms in total. The van der Waals surface area contributed by atoms with Crippen LogP contribution in [0.1, 0.15) is 46.9 Å². The van der Waals surface area contributed by atoms with Crippen LogP contribution in [0.5, 0.6) is 11.5 Å². The second-order valence-corrected chi connectivity index (χ2v) is 9.36. The molecular weight excluding hydrogens is 549 g/mol. The minimum absolute atomic E-state index is 0.0903. The van der Waals surface area contributed by atoms with Crippen molar-refractivity contribution in [1.29, 1.82) is 0 Å². The Morgan fingerprint density at radius 1 is 1.05 bits per heavy atom. The summed E-state index contributed by atoms with van der Waals surface area (Å²) in [6.07, 6.45) is -3.07. The number of carbonyl (C=O) groups excluding carboxylic acids is 2. The summed E-state index contributed by atoms with van der Waals surface area (Å²) in [4.78, 5) is 30.6. The zero-order valence-electron chi connectivity index (χ0n) is 22.8.